The summed E-state index contributed by atoms with van der Waals surface area (Å²) in [5, 5.41) is 2.88. The number of carbonyl (C=O) groups is 1. The molecule has 1 amide bonds. The zero-order chi connectivity index (χ0) is 11.5. The van der Waals surface area contributed by atoms with E-state index in [2.05, 4.69) is 12.2 Å². The topological polar surface area (TPSA) is 29.1 Å². The van der Waals surface area contributed by atoms with E-state index in [0.29, 0.717) is 0 Å². The van der Waals surface area contributed by atoms with Gasteiger partial charge in [-0.05, 0) is 25.7 Å². The average molecular weight is 215 g/mol. The lowest BCUT2D eigenvalue weighted by Gasteiger charge is -2.28. The average Bonchev–Trinajstić information content (AvgIpc) is 2.98. The predicted molar refractivity (Wildman–Crippen MR) is 59.4 cm³/mol. The first-order chi connectivity index (χ1) is 7.02. The third-order valence-electron chi connectivity index (χ3n) is 3.62. The molecule has 1 fully saturated rings. The normalized spacial score (nSPS) is 21.9. The number of halogens is 1. The van der Waals surface area contributed by atoms with E-state index in [1.54, 1.807) is 0 Å². The predicted octanol–water partition coefficient (Wildman–Crippen LogP) is 2.82. The summed E-state index contributed by atoms with van der Waals surface area (Å²) in [5.41, 5.74) is -0.819. The Balaban J connectivity index is 2.57. The van der Waals surface area contributed by atoms with Gasteiger partial charge in [0.05, 0.1) is 5.54 Å². The molecule has 1 aliphatic rings. The van der Waals surface area contributed by atoms with E-state index in [0.717, 1.165) is 32.1 Å². The number of nitrogens with one attached hydrogen (secondary N) is 1. The van der Waals surface area contributed by atoms with Crippen LogP contribution in [0.4, 0.5) is 4.39 Å². The summed E-state index contributed by atoms with van der Waals surface area (Å²) in [7, 11) is 0. The monoisotopic (exact) mass is 215 g/mol. The quantitative estimate of drug-likeness (QED) is 0.725. The molecule has 2 nitrogen and oxygen atoms in total. The molecule has 3 heteroatoms. The Kier molecular flexibility index (Phi) is 3.74. The highest BCUT2D eigenvalue weighted by Crippen LogP contribution is 2.38. The molecule has 0 spiro atoms. The molecule has 88 valence electrons. The Labute approximate surface area is 91.6 Å². The molecule has 0 heterocycles. The SMILES string of the molecule is CCCC(C)(CC)C(=O)NC1(CF)CC1. The van der Waals surface area contributed by atoms with Crippen LogP contribution in [0.15, 0.2) is 0 Å². The Bertz CT molecular complexity index is 238. The van der Waals surface area contributed by atoms with Crippen molar-refractivity contribution >= 4 is 5.91 Å². The van der Waals surface area contributed by atoms with Gasteiger partial charge in [0.15, 0.2) is 0 Å². The fourth-order valence-electron chi connectivity index (χ4n) is 1.84. The van der Waals surface area contributed by atoms with Crippen molar-refractivity contribution in [2.75, 3.05) is 6.67 Å². The van der Waals surface area contributed by atoms with Crippen molar-refractivity contribution in [1.82, 2.24) is 5.32 Å². The third-order valence-corrected chi connectivity index (χ3v) is 3.62. The summed E-state index contributed by atoms with van der Waals surface area (Å²) in [6.07, 6.45) is 4.26. The molecule has 0 aromatic heterocycles. The Morgan fingerprint density at radius 3 is 2.40 bits per heavy atom. The summed E-state index contributed by atoms with van der Waals surface area (Å²) >= 11 is 0. The van der Waals surface area contributed by atoms with Crippen LogP contribution < -0.4 is 5.32 Å². The smallest absolute Gasteiger partial charge is 0.226 e. The van der Waals surface area contributed by atoms with Crippen LogP contribution >= 0.6 is 0 Å². The summed E-state index contributed by atoms with van der Waals surface area (Å²) in [5.74, 6) is 0.0296. The zero-order valence-corrected chi connectivity index (χ0v) is 10.0. The Morgan fingerprint density at radius 1 is 1.47 bits per heavy atom. The first-order valence-electron chi connectivity index (χ1n) is 5.90. The molecule has 1 saturated carbocycles. The minimum atomic E-state index is -0.499. The van der Waals surface area contributed by atoms with Crippen LogP contribution in [0.25, 0.3) is 0 Å². The summed E-state index contributed by atoms with van der Waals surface area (Å²) < 4.78 is 12.7. The highest BCUT2D eigenvalue weighted by molar-refractivity contribution is 5.83. The fourth-order valence-corrected chi connectivity index (χ4v) is 1.84. The van der Waals surface area contributed by atoms with E-state index in [9.17, 15) is 9.18 Å². The lowest BCUT2D eigenvalue weighted by molar-refractivity contribution is -0.132. The van der Waals surface area contributed by atoms with Crippen LogP contribution in [-0.4, -0.2) is 18.1 Å². The van der Waals surface area contributed by atoms with Crippen molar-refractivity contribution in [2.45, 2.75) is 58.4 Å². The molecule has 1 N–H and O–H groups in total. The molecule has 0 radical (unpaired) electrons. The molecule has 0 aromatic rings. The maximum atomic E-state index is 12.7. The van der Waals surface area contributed by atoms with Crippen molar-refractivity contribution < 1.29 is 9.18 Å². The molecule has 0 aliphatic heterocycles. The lowest BCUT2D eigenvalue weighted by Crippen LogP contribution is -2.46. The van der Waals surface area contributed by atoms with E-state index in [1.807, 2.05) is 13.8 Å². The Morgan fingerprint density at radius 2 is 2.07 bits per heavy atom. The molecule has 0 aromatic carbocycles. The van der Waals surface area contributed by atoms with Crippen molar-refractivity contribution in [2.24, 2.45) is 5.41 Å². The minimum Gasteiger partial charge on any atom is -0.348 e. The number of rotatable bonds is 6. The van der Waals surface area contributed by atoms with E-state index in [4.69, 9.17) is 0 Å². The molecular weight excluding hydrogens is 193 g/mol. The van der Waals surface area contributed by atoms with Crippen molar-refractivity contribution in [1.29, 1.82) is 0 Å². The van der Waals surface area contributed by atoms with Gasteiger partial charge < -0.3 is 5.32 Å². The van der Waals surface area contributed by atoms with E-state index < -0.39 is 12.2 Å². The molecule has 0 bridgehead atoms. The van der Waals surface area contributed by atoms with Crippen LogP contribution in [0.5, 0.6) is 0 Å². The maximum absolute atomic E-state index is 12.7. The number of hydrogen-bond acceptors (Lipinski definition) is 1. The van der Waals surface area contributed by atoms with Gasteiger partial charge in [-0.25, -0.2) is 4.39 Å². The van der Waals surface area contributed by atoms with Gasteiger partial charge in [0.25, 0.3) is 0 Å². The molecule has 15 heavy (non-hydrogen) atoms. The second-order valence-electron chi connectivity index (χ2n) is 5.03. The van der Waals surface area contributed by atoms with Crippen molar-refractivity contribution in [3.63, 3.8) is 0 Å². The van der Waals surface area contributed by atoms with Gasteiger partial charge in [-0.15, -0.1) is 0 Å². The van der Waals surface area contributed by atoms with E-state index in [-0.39, 0.29) is 11.3 Å². The first-order valence-corrected chi connectivity index (χ1v) is 5.90. The van der Waals surface area contributed by atoms with Gasteiger partial charge in [-0.3, -0.25) is 4.79 Å². The fraction of sp³-hybridized carbons (Fsp3) is 0.917. The lowest BCUT2D eigenvalue weighted by atomic mass is 9.82. The van der Waals surface area contributed by atoms with Crippen LogP contribution in [0, 0.1) is 5.41 Å². The highest BCUT2D eigenvalue weighted by Gasteiger charge is 2.46. The molecule has 0 saturated heterocycles. The van der Waals surface area contributed by atoms with Gasteiger partial charge >= 0.3 is 0 Å². The van der Waals surface area contributed by atoms with Gasteiger partial charge in [-0.2, -0.15) is 0 Å². The number of hydrogen-bond donors (Lipinski definition) is 1. The minimum absolute atomic E-state index is 0.0296. The largest absolute Gasteiger partial charge is 0.348 e. The summed E-state index contributed by atoms with van der Waals surface area (Å²) in [6.45, 7) is 5.64. The zero-order valence-electron chi connectivity index (χ0n) is 10.0. The van der Waals surface area contributed by atoms with Crippen LogP contribution in [0.3, 0.4) is 0 Å². The van der Waals surface area contributed by atoms with Crippen molar-refractivity contribution in [3.8, 4) is 0 Å². The van der Waals surface area contributed by atoms with Gasteiger partial charge in [0.2, 0.25) is 5.91 Å². The molecule has 1 unspecified atom stereocenters. The first kappa shape index (κ1) is 12.5. The van der Waals surface area contributed by atoms with Gasteiger partial charge in [-0.1, -0.05) is 27.2 Å². The van der Waals surface area contributed by atoms with Crippen LogP contribution in [0.1, 0.15) is 52.9 Å². The summed E-state index contributed by atoms with van der Waals surface area (Å²) in [4.78, 5) is 12.0. The van der Waals surface area contributed by atoms with Gasteiger partial charge in [0, 0.05) is 5.41 Å². The Hall–Kier alpha value is -0.600. The van der Waals surface area contributed by atoms with Crippen LogP contribution in [0.2, 0.25) is 0 Å². The number of carbonyl (C=O) groups excluding carboxylic acids is 1. The molecule has 1 aliphatic carbocycles. The van der Waals surface area contributed by atoms with E-state index >= 15 is 0 Å². The summed E-state index contributed by atoms with van der Waals surface area (Å²) in [6, 6.07) is 0. The number of amides is 1. The second-order valence-corrected chi connectivity index (χ2v) is 5.03. The molecule has 1 atom stereocenters. The maximum Gasteiger partial charge on any atom is 0.226 e. The third kappa shape index (κ3) is 2.70. The standard InChI is InChI=1S/C12H22FNO/c1-4-6-11(3,5-2)10(15)14-12(9-13)7-8-12/h4-9H2,1-3H3,(H,14,15). The highest BCUT2D eigenvalue weighted by atomic mass is 19.1. The number of alkyl halides is 1. The molecular formula is C12H22FNO. The van der Waals surface area contributed by atoms with E-state index in [1.165, 1.54) is 0 Å². The van der Waals surface area contributed by atoms with Crippen LogP contribution in [-0.2, 0) is 4.79 Å². The van der Waals surface area contributed by atoms with Gasteiger partial charge in [0.1, 0.15) is 6.67 Å². The van der Waals surface area contributed by atoms with Crippen molar-refractivity contribution in [3.05, 3.63) is 0 Å². The molecule has 1 rings (SSSR count). The second kappa shape index (κ2) is 4.50.